The van der Waals surface area contributed by atoms with E-state index in [1.807, 2.05) is 24.3 Å². The molecule has 0 unspecified atom stereocenters. The van der Waals surface area contributed by atoms with Crippen molar-refractivity contribution < 1.29 is 4.74 Å². The fourth-order valence-electron chi connectivity index (χ4n) is 4.91. The molecule has 0 bridgehead atoms. The van der Waals surface area contributed by atoms with E-state index in [-0.39, 0.29) is 11.9 Å². The highest BCUT2D eigenvalue weighted by molar-refractivity contribution is 6.10. The summed E-state index contributed by atoms with van der Waals surface area (Å²) in [6, 6.07) is 16.4. The Kier molecular flexibility index (Phi) is 5.77. The normalized spacial score (nSPS) is 14.7. The van der Waals surface area contributed by atoms with Gasteiger partial charge in [0.25, 0.3) is 0 Å². The average molecular weight is 442 g/mol. The molecule has 0 radical (unpaired) electrons. The van der Waals surface area contributed by atoms with E-state index in [9.17, 15) is 0 Å². The van der Waals surface area contributed by atoms with E-state index in [4.69, 9.17) is 20.9 Å². The summed E-state index contributed by atoms with van der Waals surface area (Å²) in [6.45, 7) is 6.29. The Labute approximate surface area is 194 Å². The lowest BCUT2D eigenvalue weighted by Crippen LogP contribution is -2.34. The van der Waals surface area contributed by atoms with E-state index >= 15 is 0 Å². The number of nitrogens with zero attached hydrogens (tertiary/aromatic N) is 2. The monoisotopic (exact) mass is 441 g/mol. The number of aryl methyl sites for hydroxylation is 2. The lowest BCUT2D eigenvalue weighted by molar-refractivity contribution is 0.162. The van der Waals surface area contributed by atoms with E-state index in [0.717, 1.165) is 89.0 Å². The minimum absolute atomic E-state index is 0.0792. The van der Waals surface area contributed by atoms with Crippen molar-refractivity contribution in [2.75, 3.05) is 13.1 Å². The van der Waals surface area contributed by atoms with E-state index in [2.05, 4.69) is 48.0 Å². The van der Waals surface area contributed by atoms with Crippen molar-refractivity contribution in [3.05, 3.63) is 65.5 Å². The van der Waals surface area contributed by atoms with Crippen molar-refractivity contribution in [1.82, 2.24) is 14.9 Å². The number of nitrogens with one attached hydrogen (secondary N) is 2. The number of rotatable bonds is 6. The highest BCUT2D eigenvalue weighted by atomic mass is 16.5. The van der Waals surface area contributed by atoms with Crippen LogP contribution >= 0.6 is 0 Å². The number of nitrogen functional groups attached to an aromatic ring is 1. The van der Waals surface area contributed by atoms with Crippen LogP contribution < -0.4 is 15.8 Å². The standard InChI is InChI=1S/C27H31N5O/c1-3-6-25-31-26-17(2)15-19(33-18-11-13-30-14-12-18)16-24(26)32(25)23-10-9-22(27(28)29)20-7-4-5-8-21(20)23/h4-5,7-10,15-16,18,30H,3,6,11-14H2,1-2H3,(H3,28,29). The molecule has 33 heavy (non-hydrogen) atoms. The number of hydrogen-bond donors (Lipinski definition) is 3. The molecule has 0 saturated carbocycles. The Balaban J connectivity index is 1.72. The Morgan fingerprint density at radius 1 is 1.15 bits per heavy atom. The maximum atomic E-state index is 8.02. The molecule has 1 fully saturated rings. The summed E-state index contributed by atoms with van der Waals surface area (Å²) in [7, 11) is 0. The molecular weight excluding hydrogens is 410 g/mol. The maximum Gasteiger partial charge on any atom is 0.123 e. The first-order valence-corrected chi connectivity index (χ1v) is 11.8. The van der Waals surface area contributed by atoms with Gasteiger partial charge in [-0.15, -0.1) is 0 Å². The van der Waals surface area contributed by atoms with Gasteiger partial charge in [-0.25, -0.2) is 4.98 Å². The number of nitrogens with two attached hydrogens (primary N) is 1. The number of hydrogen-bond acceptors (Lipinski definition) is 4. The van der Waals surface area contributed by atoms with Crippen LogP contribution in [0.25, 0.3) is 27.5 Å². The number of benzene rings is 3. The Morgan fingerprint density at radius 2 is 1.91 bits per heavy atom. The minimum atomic E-state index is 0.0792. The molecule has 1 aromatic heterocycles. The number of aromatic nitrogens is 2. The predicted molar refractivity (Wildman–Crippen MR) is 135 cm³/mol. The van der Waals surface area contributed by atoms with Crippen LogP contribution in [0, 0.1) is 12.3 Å². The topological polar surface area (TPSA) is 89.0 Å². The van der Waals surface area contributed by atoms with Gasteiger partial charge in [0.15, 0.2) is 0 Å². The summed E-state index contributed by atoms with van der Waals surface area (Å²) >= 11 is 0. The van der Waals surface area contributed by atoms with Gasteiger partial charge < -0.3 is 15.8 Å². The van der Waals surface area contributed by atoms with Crippen LogP contribution in [0.2, 0.25) is 0 Å². The van der Waals surface area contributed by atoms with Gasteiger partial charge in [0.1, 0.15) is 23.5 Å². The smallest absolute Gasteiger partial charge is 0.123 e. The molecule has 1 saturated heterocycles. The molecule has 0 atom stereocenters. The predicted octanol–water partition coefficient (Wildman–Crippen LogP) is 4.85. The van der Waals surface area contributed by atoms with E-state index in [1.165, 1.54) is 0 Å². The van der Waals surface area contributed by atoms with E-state index < -0.39 is 0 Å². The van der Waals surface area contributed by atoms with Gasteiger partial charge >= 0.3 is 0 Å². The Bertz CT molecular complexity index is 1330. The zero-order valence-corrected chi connectivity index (χ0v) is 19.3. The summed E-state index contributed by atoms with van der Waals surface area (Å²) in [5, 5.41) is 13.5. The quantitative estimate of drug-likeness (QED) is 0.295. The summed E-state index contributed by atoms with van der Waals surface area (Å²) in [6.07, 6.45) is 4.17. The highest BCUT2D eigenvalue weighted by Gasteiger charge is 2.20. The largest absolute Gasteiger partial charge is 0.490 e. The molecule has 170 valence electrons. The molecule has 0 amide bonds. The summed E-state index contributed by atoms with van der Waals surface area (Å²) in [5.41, 5.74) is 10.9. The second-order valence-electron chi connectivity index (χ2n) is 8.88. The summed E-state index contributed by atoms with van der Waals surface area (Å²) in [4.78, 5) is 5.06. The molecule has 0 aliphatic carbocycles. The molecule has 0 spiro atoms. The molecule has 4 N–H and O–H groups in total. The Hall–Kier alpha value is -3.38. The van der Waals surface area contributed by atoms with Crippen LogP contribution in [0.3, 0.4) is 0 Å². The van der Waals surface area contributed by atoms with Gasteiger partial charge in [-0.1, -0.05) is 31.2 Å². The van der Waals surface area contributed by atoms with Crippen LogP contribution in [0.1, 0.15) is 43.1 Å². The number of ether oxygens (including phenoxy) is 1. The van der Waals surface area contributed by atoms with Crippen molar-refractivity contribution in [2.24, 2.45) is 5.73 Å². The van der Waals surface area contributed by atoms with Gasteiger partial charge in [-0.3, -0.25) is 9.98 Å². The van der Waals surface area contributed by atoms with Crippen LogP contribution in [0.5, 0.6) is 5.75 Å². The first kappa shape index (κ1) is 21.5. The van der Waals surface area contributed by atoms with Gasteiger partial charge in [-0.2, -0.15) is 0 Å². The molecule has 4 aromatic rings. The molecular formula is C27H31N5O. The summed E-state index contributed by atoms with van der Waals surface area (Å²) < 4.78 is 8.69. The second kappa shape index (κ2) is 8.87. The third-order valence-electron chi connectivity index (χ3n) is 6.49. The van der Waals surface area contributed by atoms with Gasteiger partial charge in [0.2, 0.25) is 0 Å². The molecule has 6 nitrogen and oxygen atoms in total. The van der Waals surface area contributed by atoms with Gasteiger partial charge in [-0.05, 0) is 68.4 Å². The first-order valence-electron chi connectivity index (χ1n) is 11.8. The second-order valence-corrected chi connectivity index (χ2v) is 8.88. The average Bonchev–Trinajstić information content (AvgIpc) is 3.17. The Morgan fingerprint density at radius 3 is 2.64 bits per heavy atom. The third-order valence-corrected chi connectivity index (χ3v) is 6.49. The van der Waals surface area contributed by atoms with E-state index in [0.29, 0.717) is 0 Å². The van der Waals surface area contributed by atoms with Crippen molar-refractivity contribution in [3.8, 4) is 11.4 Å². The first-order chi connectivity index (χ1) is 16.1. The van der Waals surface area contributed by atoms with E-state index in [1.54, 1.807) is 0 Å². The zero-order chi connectivity index (χ0) is 22.9. The van der Waals surface area contributed by atoms with Gasteiger partial charge in [0.05, 0.1) is 16.7 Å². The molecule has 6 heteroatoms. The SMILES string of the molecule is CCCc1nc2c(C)cc(OC3CCNCC3)cc2n1-c1ccc(C(=N)N)c2ccccc12. The zero-order valence-electron chi connectivity index (χ0n) is 19.3. The highest BCUT2D eigenvalue weighted by Crippen LogP contribution is 2.33. The molecule has 1 aliphatic rings. The number of imidazole rings is 1. The van der Waals surface area contributed by atoms with Crippen LogP contribution in [0.4, 0.5) is 0 Å². The van der Waals surface area contributed by atoms with Gasteiger partial charge in [0, 0.05) is 23.4 Å². The van der Waals surface area contributed by atoms with Crippen molar-refractivity contribution in [3.63, 3.8) is 0 Å². The fraction of sp³-hybridized carbons (Fsp3) is 0.333. The fourth-order valence-corrected chi connectivity index (χ4v) is 4.91. The van der Waals surface area contributed by atoms with Crippen LogP contribution in [0.15, 0.2) is 48.5 Å². The van der Waals surface area contributed by atoms with Crippen molar-refractivity contribution >= 4 is 27.6 Å². The number of piperidine rings is 1. The van der Waals surface area contributed by atoms with Crippen LogP contribution in [-0.4, -0.2) is 34.6 Å². The molecule has 1 aliphatic heterocycles. The number of fused-ring (bicyclic) bond motifs is 2. The third kappa shape index (κ3) is 3.95. The number of amidine groups is 1. The molecule has 5 rings (SSSR count). The molecule has 3 aromatic carbocycles. The maximum absolute atomic E-state index is 8.02. The minimum Gasteiger partial charge on any atom is -0.490 e. The lowest BCUT2D eigenvalue weighted by Gasteiger charge is -2.24. The van der Waals surface area contributed by atoms with Crippen molar-refractivity contribution in [2.45, 2.75) is 45.6 Å². The van der Waals surface area contributed by atoms with Crippen molar-refractivity contribution in [1.29, 1.82) is 5.41 Å². The van der Waals surface area contributed by atoms with Crippen LogP contribution in [-0.2, 0) is 6.42 Å². The summed E-state index contributed by atoms with van der Waals surface area (Å²) in [5.74, 6) is 2.02. The molecule has 2 heterocycles. The lowest BCUT2D eigenvalue weighted by atomic mass is 10.0.